The molecule has 5 heteroatoms. The second-order valence-electron chi connectivity index (χ2n) is 3.21. The smallest absolute Gasteiger partial charge is 0.325 e. The number of aryl methyl sites for hydroxylation is 1. The third kappa shape index (κ3) is 4.12. The number of hydrogen-bond donors (Lipinski definition) is 2. The summed E-state index contributed by atoms with van der Waals surface area (Å²) in [5, 5.41) is 12.9. The van der Waals surface area contributed by atoms with Crippen molar-refractivity contribution in [2.45, 2.75) is 25.8 Å². The van der Waals surface area contributed by atoms with Gasteiger partial charge in [0.05, 0.1) is 0 Å². The molecule has 0 radical (unpaired) electrons. The van der Waals surface area contributed by atoms with Gasteiger partial charge in [-0.2, -0.15) is 0 Å². The van der Waals surface area contributed by atoms with Gasteiger partial charge in [-0.15, -0.1) is 11.3 Å². The number of aliphatic carboxylic acids is 1. The minimum Gasteiger partial charge on any atom is -0.480 e. The number of thiophene rings is 1. The molecule has 4 nitrogen and oxygen atoms in total. The van der Waals surface area contributed by atoms with Gasteiger partial charge < -0.3 is 10.4 Å². The first kappa shape index (κ1) is 11.7. The van der Waals surface area contributed by atoms with Crippen molar-refractivity contribution in [2.75, 3.05) is 0 Å². The molecule has 1 aromatic heterocycles. The summed E-state index contributed by atoms with van der Waals surface area (Å²) in [6, 6.07) is 3.07. The van der Waals surface area contributed by atoms with Gasteiger partial charge in [0.2, 0.25) is 5.91 Å². The Morgan fingerprint density at radius 3 is 2.87 bits per heavy atom. The summed E-state index contributed by atoms with van der Waals surface area (Å²) in [4.78, 5) is 22.9. The van der Waals surface area contributed by atoms with Crippen LogP contribution in [0, 0.1) is 0 Å². The molecule has 0 fully saturated rings. The van der Waals surface area contributed by atoms with Gasteiger partial charge >= 0.3 is 5.97 Å². The van der Waals surface area contributed by atoms with Gasteiger partial charge in [-0.25, -0.2) is 0 Å². The third-order valence-corrected chi connectivity index (χ3v) is 2.86. The third-order valence-electron chi connectivity index (χ3n) is 1.93. The highest BCUT2D eigenvalue weighted by molar-refractivity contribution is 7.09. The van der Waals surface area contributed by atoms with E-state index in [1.165, 1.54) is 6.92 Å². The van der Waals surface area contributed by atoms with E-state index >= 15 is 0 Å². The van der Waals surface area contributed by atoms with E-state index in [-0.39, 0.29) is 5.91 Å². The molecule has 0 saturated carbocycles. The van der Waals surface area contributed by atoms with Crippen LogP contribution in [0.1, 0.15) is 18.2 Å². The van der Waals surface area contributed by atoms with Gasteiger partial charge in [0.25, 0.3) is 0 Å². The lowest BCUT2D eigenvalue weighted by Crippen LogP contribution is -2.38. The van der Waals surface area contributed by atoms with E-state index < -0.39 is 12.0 Å². The fourth-order valence-corrected chi connectivity index (χ4v) is 1.78. The first-order valence-corrected chi connectivity index (χ1v) is 5.52. The van der Waals surface area contributed by atoms with Crippen molar-refractivity contribution in [3.63, 3.8) is 0 Å². The molecule has 1 atom stereocenters. The molecule has 0 aromatic carbocycles. The van der Waals surface area contributed by atoms with Crippen molar-refractivity contribution < 1.29 is 14.7 Å². The Morgan fingerprint density at radius 1 is 1.60 bits per heavy atom. The summed E-state index contributed by atoms with van der Waals surface area (Å²) in [5.41, 5.74) is 0. The first-order valence-electron chi connectivity index (χ1n) is 4.64. The molecule has 2 N–H and O–H groups in total. The van der Waals surface area contributed by atoms with E-state index in [2.05, 4.69) is 5.32 Å². The largest absolute Gasteiger partial charge is 0.480 e. The Balaban J connectivity index is 2.28. The standard InChI is InChI=1S/C10H13NO3S/c1-7(10(13)14)11-9(12)5-4-8-3-2-6-15-8/h2-3,6-7H,4-5H2,1H3,(H,11,12)(H,13,14). The van der Waals surface area contributed by atoms with E-state index in [0.29, 0.717) is 12.8 Å². The second-order valence-corrected chi connectivity index (χ2v) is 4.24. The molecular formula is C10H13NO3S. The number of carboxylic acid groups (broad SMARTS) is 1. The van der Waals surface area contributed by atoms with Crippen LogP contribution in [0.5, 0.6) is 0 Å². The number of carboxylic acids is 1. The number of hydrogen-bond acceptors (Lipinski definition) is 3. The summed E-state index contributed by atoms with van der Waals surface area (Å²) < 4.78 is 0. The van der Waals surface area contributed by atoms with Crippen LogP contribution in [-0.2, 0) is 16.0 Å². The van der Waals surface area contributed by atoms with E-state index in [1.54, 1.807) is 11.3 Å². The summed E-state index contributed by atoms with van der Waals surface area (Å²) in [7, 11) is 0. The highest BCUT2D eigenvalue weighted by Crippen LogP contribution is 2.10. The van der Waals surface area contributed by atoms with Crippen LogP contribution in [0.25, 0.3) is 0 Å². The molecule has 0 aliphatic rings. The predicted octanol–water partition coefficient (Wildman–Crippen LogP) is 1.27. The molecular weight excluding hydrogens is 214 g/mol. The van der Waals surface area contributed by atoms with Gasteiger partial charge in [-0.05, 0) is 24.8 Å². The quantitative estimate of drug-likeness (QED) is 0.796. The minimum absolute atomic E-state index is 0.224. The molecule has 0 spiro atoms. The molecule has 0 aliphatic carbocycles. The summed E-state index contributed by atoms with van der Waals surface area (Å²) in [6.07, 6.45) is 0.994. The van der Waals surface area contributed by atoms with Gasteiger partial charge in [0, 0.05) is 11.3 Å². The Labute approximate surface area is 91.9 Å². The number of carbonyl (C=O) groups excluding carboxylic acids is 1. The van der Waals surface area contributed by atoms with Gasteiger partial charge in [-0.3, -0.25) is 9.59 Å². The van der Waals surface area contributed by atoms with Crippen LogP contribution in [-0.4, -0.2) is 23.0 Å². The van der Waals surface area contributed by atoms with Crippen molar-refractivity contribution in [1.29, 1.82) is 0 Å². The van der Waals surface area contributed by atoms with Crippen molar-refractivity contribution in [3.8, 4) is 0 Å². The topological polar surface area (TPSA) is 66.4 Å². The van der Waals surface area contributed by atoms with E-state index in [9.17, 15) is 9.59 Å². The summed E-state index contributed by atoms with van der Waals surface area (Å²) in [6.45, 7) is 1.45. The zero-order valence-electron chi connectivity index (χ0n) is 8.40. The van der Waals surface area contributed by atoms with Crippen molar-refractivity contribution in [1.82, 2.24) is 5.32 Å². The highest BCUT2D eigenvalue weighted by Gasteiger charge is 2.13. The fourth-order valence-electron chi connectivity index (χ4n) is 1.07. The maximum absolute atomic E-state index is 11.3. The monoisotopic (exact) mass is 227 g/mol. The lowest BCUT2D eigenvalue weighted by Gasteiger charge is -2.08. The second kappa shape index (κ2) is 5.50. The van der Waals surface area contributed by atoms with E-state index in [0.717, 1.165) is 4.88 Å². The molecule has 1 rings (SSSR count). The normalized spacial score (nSPS) is 12.1. The fraction of sp³-hybridized carbons (Fsp3) is 0.400. The predicted molar refractivity (Wildman–Crippen MR) is 57.9 cm³/mol. The summed E-state index contributed by atoms with van der Waals surface area (Å²) in [5.74, 6) is -1.24. The molecule has 1 aromatic rings. The van der Waals surface area contributed by atoms with Crippen LogP contribution in [0.15, 0.2) is 17.5 Å². The van der Waals surface area contributed by atoms with Crippen molar-refractivity contribution >= 4 is 23.2 Å². The molecule has 15 heavy (non-hydrogen) atoms. The lowest BCUT2D eigenvalue weighted by molar-refractivity contribution is -0.141. The Morgan fingerprint density at radius 2 is 2.33 bits per heavy atom. The Bertz CT molecular complexity index is 334. The SMILES string of the molecule is CC(NC(=O)CCc1cccs1)C(=O)O. The molecule has 0 aliphatic heterocycles. The Hall–Kier alpha value is -1.36. The van der Waals surface area contributed by atoms with Crippen LogP contribution in [0.4, 0.5) is 0 Å². The molecule has 0 saturated heterocycles. The number of carbonyl (C=O) groups is 2. The van der Waals surface area contributed by atoms with Gasteiger partial charge in [-0.1, -0.05) is 6.07 Å². The zero-order valence-corrected chi connectivity index (χ0v) is 9.21. The average Bonchev–Trinajstić information content (AvgIpc) is 2.66. The van der Waals surface area contributed by atoms with Crippen LogP contribution in [0.2, 0.25) is 0 Å². The number of rotatable bonds is 5. The summed E-state index contributed by atoms with van der Waals surface area (Å²) >= 11 is 1.59. The van der Waals surface area contributed by atoms with Gasteiger partial charge in [0.15, 0.2) is 0 Å². The molecule has 1 amide bonds. The highest BCUT2D eigenvalue weighted by atomic mass is 32.1. The zero-order chi connectivity index (χ0) is 11.3. The van der Waals surface area contributed by atoms with Crippen LogP contribution in [0.3, 0.4) is 0 Å². The lowest BCUT2D eigenvalue weighted by atomic mass is 10.2. The Kier molecular flexibility index (Phi) is 4.30. The van der Waals surface area contributed by atoms with Crippen LogP contribution >= 0.6 is 11.3 Å². The number of amides is 1. The average molecular weight is 227 g/mol. The molecule has 1 unspecified atom stereocenters. The molecule has 82 valence electrons. The number of nitrogens with one attached hydrogen (secondary N) is 1. The van der Waals surface area contributed by atoms with Crippen molar-refractivity contribution in [2.24, 2.45) is 0 Å². The molecule has 0 bridgehead atoms. The first-order chi connectivity index (χ1) is 7.09. The van der Waals surface area contributed by atoms with Gasteiger partial charge in [0.1, 0.15) is 6.04 Å². The van der Waals surface area contributed by atoms with Crippen molar-refractivity contribution in [3.05, 3.63) is 22.4 Å². The van der Waals surface area contributed by atoms with E-state index in [1.807, 2.05) is 17.5 Å². The maximum atomic E-state index is 11.3. The maximum Gasteiger partial charge on any atom is 0.325 e. The molecule has 1 heterocycles. The van der Waals surface area contributed by atoms with Crippen LogP contribution < -0.4 is 5.32 Å². The van der Waals surface area contributed by atoms with E-state index in [4.69, 9.17) is 5.11 Å². The minimum atomic E-state index is -1.01.